The van der Waals surface area contributed by atoms with Crippen molar-refractivity contribution in [2.24, 2.45) is 17.3 Å². The van der Waals surface area contributed by atoms with Crippen molar-refractivity contribution in [3.05, 3.63) is 23.4 Å². The third kappa shape index (κ3) is 5.90. The summed E-state index contributed by atoms with van der Waals surface area (Å²) in [5.74, 6) is 1.04. The molecule has 2 aromatic rings. The van der Waals surface area contributed by atoms with Crippen LogP contribution < -0.4 is 10.1 Å². The van der Waals surface area contributed by atoms with Gasteiger partial charge < -0.3 is 15.0 Å². The molecule has 1 saturated heterocycles. The van der Waals surface area contributed by atoms with Gasteiger partial charge in [0.1, 0.15) is 18.0 Å². The molecule has 1 aliphatic carbocycles. The minimum atomic E-state index is -0.495. The Morgan fingerprint density at radius 1 is 1.20 bits per heavy atom. The van der Waals surface area contributed by atoms with Crippen LogP contribution >= 0.6 is 0 Å². The second-order valence-electron chi connectivity index (χ2n) is 13.0. The predicted molar refractivity (Wildman–Crippen MR) is 156 cm³/mol. The first-order valence-electron chi connectivity index (χ1n) is 15.3. The Labute approximate surface area is 242 Å². The Morgan fingerprint density at radius 2 is 1.98 bits per heavy atom. The molecule has 222 valence electrons. The molecule has 1 saturated carbocycles. The van der Waals surface area contributed by atoms with Gasteiger partial charge in [-0.25, -0.2) is 0 Å². The van der Waals surface area contributed by atoms with Gasteiger partial charge in [0.2, 0.25) is 11.8 Å². The molecule has 5 rings (SSSR count). The van der Waals surface area contributed by atoms with Crippen molar-refractivity contribution in [3.8, 4) is 5.75 Å². The number of aryl methyl sites for hydroxylation is 1. The second-order valence-corrected chi connectivity index (χ2v) is 13.0. The Morgan fingerprint density at radius 3 is 2.68 bits per heavy atom. The summed E-state index contributed by atoms with van der Waals surface area (Å²) in [7, 11) is 0. The molecule has 0 unspecified atom stereocenters. The van der Waals surface area contributed by atoms with Gasteiger partial charge in [-0.3, -0.25) is 23.9 Å². The molecule has 1 aromatic carbocycles. The maximum Gasteiger partial charge on any atom is 0.245 e. The van der Waals surface area contributed by atoms with Gasteiger partial charge in [-0.2, -0.15) is 5.10 Å². The van der Waals surface area contributed by atoms with Crippen LogP contribution in [0.1, 0.15) is 95.6 Å². The fraction of sp³-hybridized carbons (Fsp3) is 0.656. The molecule has 3 heterocycles. The van der Waals surface area contributed by atoms with E-state index in [0.717, 1.165) is 43.2 Å². The SMILES string of the molecule is CCC(=O)[C@@H]1C[C@]23CNC(=O)C[C@@H](C)CCCCc4cc(OCC(C)C)cc5c(C(C)=O)nn(c45)CC(=O)N1[C@@H]2C3. The number of nitrogens with zero attached hydrogens (tertiary/aromatic N) is 3. The van der Waals surface area contributed by atoms with Crippen LogP contribution in [0.25, 0.3) is 10.9 Å². The van der Waals surface area contributed by atoms with Crippen LogP contribution in [-0.4, -0.2) is 63.3 Å². The topological polar surface area (TPSA) is 111 Å². The number of benzene rings is 1. The largest absolute Gasteiger partial charge is 0.493 e. The van der Waals surface area contributed by atoms with Crippen LogP contribution in [0.2, 0.25) is 0 Å². The zero-order chi connectivity index (χ0) is 29.5. The van der Waals surface area contributed by atoms with Crippen LogP contribution in [0.5, 0.6) is 5.75 Å². The van der Waals surface area contributed by atoms with Gasteiger partial charge in [0.15, 0.2) is 11.6 Å². The number of hydrogen-bond acceptors (Lipinski definition) is 6. The van der Waals surface area contributed by atoms with Gasteiger partial charge in [0, 0.05) is 43.2 Å². The van der Waals surface area contributed by atoms with E-state index in [2.05, 4.69) is 31.2 Å². The number of amides is 2. The number of nitrogens with one attached hydrogen (secondary N) is 1. The summed E-state index contributed by atoms with van der Waals surface area (Å²) in [5, 5.41) is 8.50. The van der Waals surface area contributed by atoms with Gasteiger partial charge in [0.25, 0.3) is 0 Å². The summed E-state index contributed by atoms with van der Waals surface area (Å²) < 4.78 is 7.77. The van der Waals surface area contributed by atoms with E-state index in [1.54, 1.807) is 9.58 Å². The van der Waals surface area contributed by atoms with Crippen molar-refractivity contribution in [1.29, 1.82) is 0 Å². The van der Waals surface area contributed by atoms with E-state index in [9.17, 15) is 19.2 Å². The number of carbonyl (C=O) groups excluding carboxylic acids is 4. The molecule has 41 heavy (non-hydrogen) atoms. The van der Waals surface area contributed by atoms with Gasteiger partial charge in [-0.1, -0.05) is 40.5 Å². The number of carbonyl (C=O) groups is 4. The first-order chi connectivity index (χ1) is 19.5. The average molecular weight is 565 g/mol. The van der Waals surface area contributed by atoms with Crippen molar-refractivity contribution in [2.75, 3.05) is 13.2 Å². The molecule has 2 amide bonds. The molecule has 0 radical (unpaired) electrons. The van der Waals surface area contributed by atoms with Crippen molar-refractivity contribution >= 4 is 34.3 Å². The standard InChI is InChI=1S/C32H44N4O5/c1-6-26(38)25-14-32-15-27(32)36(25)29(40)16-35-31-22(10-8-7-9-20(4)11-28(39)33-18-32)12-23(41-17-19(2)3)13-24(31)30(34-35)21(5)37/h12-13,19-20,25,27H,6-11,14-18H2,1-5H3,(H,33,39)/t20-,25-,27+,32-/m0/s1. The van der Waals surface area contributed by atoms with Crippen LogP contribution in [-0.2, 0) is 27.3 Å². The summed E-state index contributed by atoms with van der Waals surface area (Å²) in [6.45, 7) is 10.6. The zero-order valence-electron chi connectivity index (χ0n) is 25.1. The first kappa shape index (κ1) is 29.3. The second kappa shape index (κ2) is 11.6. The van der Waals surface area contributed by atoms with Gasteiger partial charge in [-0.15, -0.1) is 0 Å². The molecule has 2 bridgehead atoms. The molecular weight excluding hydrogens is 520 g/mol. The third-order valence-corrected chi connectivity index (χ3v) is 9.09. The van der Waals surface area contributed by atoms with E-state index >= 15 is 0 Å². The summed E-state index contributed by atoms with van der Waals surface area (Å²) in [6, 6.07) is 3.33. The van der Waals surface area contributed by atoms with E-state index in [4.69, 9.17) is 4.74 Å². The molecule has 2 fully saturated rings. The molecule has 9 nitrogen and oxygen atoms in total. The zero-order valence-corrected chi connectivity index (χ0v) is 25.1. The number of aromatic nitrogens is 2. The lowest BCUT2D eigenvalue weighted by atomic mass is 9.95. The predicted octanol–water partition coefficient (Wildman–Crippen LogP) is 4.48. The lowest BCUT2D eigenvalue weighted by molar-refractivity contribution is -0.139. The highest BCUT2D eigenvalue weighted by molar-refractivity contribution is 6.06. The fourth-order valence-corrected chi connectivity index (χ4v) is 6.82. The monoisotopic (exact) mass is 564 g/mol. The Balaban J connectivity index is 1.57. The molecule has 1 aromatic heterocycles. The van der Waals surface area contributed by atoms with Crippen molar-refractivity contribution in [3.63, 3.8) is 0 Å². The minimum Gasteiger partial charge on any atom is -0.493 e. The molecule has 4 atom stereocenters. The summed E-state index contributed by atoms with van der Waals surface area (Å²) in [5.41, 5.74) is 1.86. The van der Waals surface area contributed by atoms with E-state index in [0.29, 0.717) is 55.2 Å². The van der Waals surface area contributed by atoms with E-state index in [1.165, 1.54) is 6.92 Å². The lowest BCUT2D eigenvalue weighted by Crippen LogP contribution is -2.44. The number of Topliss-reactive ketones (excluding diaryl/α,β-unsaturated/α-hetero) is 2. The number of hydrogen-bond donors (Lipinski definition) is 1. The molecule has 2 aliphatic heterocycles. The maximum absolute atomic E-state index is 14.0. The lowest BCUT2D eigenvalue weighted by Gasteiger charge is -2.26. The Hall–Kier alpha value is -3.23. The first-order valence-corrected chi connectivity index (χ1v) is 15.3. The van der Waals surface area contributed by atoms with Crippen molar-refractivity contribution in [2.45, 2.75) is 105 Å². The van der Waals surface area contributed by atoms with Crippen LogP contribution in [0.3, 0.4) is 0 Å². The normalized spacial score (nSPS) is 27.0. The smallest absolute Gasteiger partial charge is 0.245 e. The van der Waals surface area contributed by atoms with E-state index in [1.807, 2.05) is 19.1 Å². The van der Waals surface area contributed by atoms with E-state index < -0.39 is 6.04 Å². The number of ether oxygens (including phenoxy) is 1. The van der Waals surface area contributed by atoms with Crippen LogP contribution in [0.15, 0.2) is 12.1 Å². The third-order valence-electron chi connectivity index (χ3n) is 9.09. The Bertz CT molecular complexity index is 1360. The summed E-state index contributed by atoms with van der Waals surface area (Å²) >= 11 is 0. The van der Waals surface area contributed by atoms with Crippen molar-refractivity contribution in [1.82, 2.24) is 20.0 Å². The number of ketones is 2. The highest BCUT2D eigenvalue weighted by atomic mass is 16.5. The molecule has 1 N–H and O–H groups in total. The minimum absolute atomic E-state index is 0.0404. The Kier molecular flexibility index (Phi) is 8.26. The number of piperidine rings is 1. The van der Waals surface area contributed by atoms with Gasteiger partial charge in [0.05, 0.1) is 18.2 Å². The summed E-state index contributed by atoms with van der Waals surface area (Å²) in [4.78, 5) is 54.3. The molecule has 3 aliphatic rings. The number of rotatable bonds is 6. The highest BCUT2D eigenvalue weighted by Crippen LogP contribution is 2.59. The van der Waals surface area contributed by atoms with E-state index in [-0.39, 0.29) is 47.3 Å². The van der Waals surface area contributed by atoms with Crippen molar-refractivity contribution < 1.29 is 23.9 Å². The van der Waals surface area contributed by atoms with Gasteiger partial charge >= 0.3 is 0 Å². The van der Waals surface area contributed by atoms with Gasteiger partial charge in [-0.05, 0) is 55.2 Å². The molecule has 9 heteroatoms. The van der Waals surface area contributed by atoms with Crippen LogP contribution in [0.4, 0.5) is 0 Å². The summed E-state index contributed by atoms with van der Waals surface area (Å²) in [6.07, 6.45) is 5.70. The average Bonchev–Trinajstić information content (AvgIpc) is 3.33. The molecule has 0 spiro atoms. The maximum atomic E-state index is 14.0. The highest BCUT2D eigenvalue weighted by Gasteiger charge is 2.66. The van der Waals surface area contributed by atoms with Crippen LogP contribution in [0, 0.1) is 17.3 Å². The molecular formula is C32H44N4O5. The quantitative estimate of drug-likeness (QED) is 0.518. The fourth-order valence-electron chi connectivity index (χ4n) is 6.82.